The molecule has 17 heavy (non-hydrogen) atoms. The van der Waals surface area contributed by atoms with Crippen molar-refractivity contribution in [3.8, 4) is 0 Å². The molecule has 6 heteroatoms. The van der Waals surface area contributed by atoms with Gasteiger partial charge in [-0.25, -0.2) is 0 Å². The van der Waals surface area contributed by atoms with Crippen LogP contribution >= 0.6 is 34.7 Å². The molecule has 0 aliphatic carbocycles. The molecule has 1 aromatic carbocycles. The van der Waals surface area contributed by atoms with Gasteiger partial charge in [0.1, 0.15) is 5.51 Å². The molecule has 0 fully saturated rings. The van der Waals surface area contributed by atoms with Crippen LogP contribution in [0.1, 0.15) is 17.7 Å². The van der Waals surface area contributed by atoms with Crippen LogP contribution in [0.5, 0.6) is 0 Å². The second kappa shape index (κ2) is 5.82. The summed E-state index contributed by atoms with van der Waals surface area (Å²) in [6.07, 6.45) is 0. The molecule has 0 aliphatic rings. The lowest BCUT2D eigenvalue weighted by Gasteiger charge is -2.19. The molecule has 0 radical (unpaired) electrons. The van der Waals surface area contributed by atoms with E-state index in [-0.39, 0.29) is 11.3 Å². The predicted molar refractivity (Wildman–Crippen MR) is 73.6 cm³/mol. The van der Waals surface area contributed by atoms with E-state index in [0.717, 1.165) is 14.9 Å². The van der Waals surface area contributed by atoms with Gasteiger partial charge >= 0.3 is 0 Å². The summed E-state index contributed by atoms with van der Waals surface area (Å²) in [5.41, 5.74) is 8.91. The van der Waals surface area contributed by atoms with Gasteiger partial charge in [-0.3, -0.25) is 0 Å². The zero-order valence-electron chi connectivity index (χ0n) is 9.21. The molecule has 1 aromatic heterocycles. The minimum absolute atomic E-state index is 0.0325. The highest BCUT2D eigenvalue weighted by atomic mass is 35.5. The van der Waals surface area contributed by atoms with Crippen LogP contribution in [0.15, 0.2) is 34.1 Å². The predicted octanol–water partition coefficient (Wildman–Crippen LogP) is 3.37. The molecule has 0 spiro atoms. The Morgan fingerprint density at radius 2 is 2.06 bits per heavy atom. The lowest BCUT2D eigenvalue weighted by molar-refractivity contribution is 0.720. The highest BCUT2D eigenvalue weighted by molar-refractivity contribution is 8.01. The van der Waals surface area contributed by atoms with Crippen LogP contribution in [0.4, 0.5) is 0 Å². The van der Waals surface area contributed by atoms with Gasteiger partial charge in [0.25, 0.3) is 0 Å². The van der Waals surface area contributed by atoms with Gasteiger partial charge in [-0.1, -0.05) is 46.8 Å². The van der Waals surface area contributed by atoms with Crippen molar-refractivity contribution in [1.29, 1.82) is 0 Å². The number of nitrogens with two attached hydrogens (primary N) is 1. The van der Waals surface area contributed by atoms with Gasteiger partial charge in [0.05, 0.1) is 5.25 Å². The number of rotatable bonds is 4. The standard InChI is InChI=1S/C11H12ClN3S2/c1-7(13)10(17-11-15-14-6-16-11)8-2-4-9(12)5-3-8/h2-7,10H,13H2,1H3. The maximum absolute atomic E-state index is 6.03. The Labute approximate surface area is 113 Å². The summed E-state index contributed by atoms with van der Waals surface area (Å²) in [4.78, 5) is 0. The monoisotopic (exact) mass is 285 g/mol. The van der Waals surface area contributed by atoms with Crippen molar-refractivity contribution in [2.45, 2.75) is 22.6 Å². The number of thioether (sulfide) groups is 1. The normalized spacial score (nSPS) is 14.5. The van der Waals surface area contributed by atoms with Crippen LogP contribution in [0.3, 0.4) is 0 Å². The minimum atomic E-state index is 0.0325. The van der Waals surface area contributed by atoms with Crippen LogP contribution in [-0.4, -0.2) is 16.2 Å². The van der Waals surface area contributed by atoms with Crippen LogP contribution in [0.2, 0.25) is 5.02 Å². The number of hydrogen-bond acceptors (Lipinski definition) is 5. The number of benzene rings is 1. The quantitative estimate of drug-likeness (QED) is 0.875. The lowest BCUT2D eigenvalue weighted by atomic mass is 10.1. The van der Waals surface area contributed by atoms with Crippen molar-refractivity contribution < 1.29 is 0 Å². The van der Waals surface area contributed by atoms with Gasteiger partial charge in [-0.15, -0.1) is 10.2 Å². The van der Waals surface area contributed by atoms with Gasteiger partial charge in [0.15, 0.2) is 4.34 Å². The fraction of sp³-hybridized carbons (Fsp3) is 0.273. The maximum atomic E-state index is 6.03. The average Bonchev–Trinajstić information content (AvgIpc) is 2.80. The molecule has 2 atom stereocenters. The molecule has 3 nitrogen and oxygen atoms in total. The molecular weight excluding hydrogens is 274 g/mol. The summed E-state index contributed by atoms with van der Waals surface area (Å²) < 4.78 is 0.933. The zero-order valence-corrected chi connectivity index (χ0v) is 11.6. The molecule has 90 valence electrons. The van der Waals surface area contributed by atoms with E-state index in [1.807, 2.05) is 31.2 Å². The highest BCUT2D eigenvalue weighted by Gasteiger charge is 2.19. The zero-order chi connectivity index (χ0) is 12.3. The summed E-state index contributed by atoms with van der Waals surface area (Å²) in [6, 6.07) is 7.80. The summed E-state index contributed by atoms with van der Waals surface area (Å²) in [7, 11) is 0. The lowest BCUT2D eigenvalue weighted by Crippen LogP contribution is -2.22. The Balaban J connectivity index is 2.20. The Kier molecular flexibility index (Phi) is 4.39. The summed E-state index contributed by atoms with van der Waals surface area (Å²) in [5, 5.41) is 8.76. The summed E-state index contributed by atoms with van der Waals surface area (Å²) in [6.45, 7) is 1.99. The summed E-state index contributed by atoms with van der Waals surface area (Å²) >= 11 is 9.05. The number of aromatic nitrogens is 2. The molecule has 0 aliphatic heterocycles. The van der Waals surface area contributed by atoms with Crippen LogP contribution < -0.4 is 5.73 Å². The third-order valence-electron chi connectivity index (χ3n) is 2.24. The molecule has 2 aromatic rings. The van der Waals surface area contributed by atoms with Crippen molar-refractivity contribution >= 4 is 34.7 Å². The Morgan fingerprint density at radius 1 is 1.35 bits per heavy atom. The second-order valence-electron chi connectivity index (χ2n) is 3.65. The van der Waals surface area contributed by atoms with E-state index < -0.39 is 0 Å². The largest absolute Gasteiger partial charge is 0.327 e. The first-order chi connectivity index (χ1) is 8.16. The number of nitrogens with zero attached hydrogens (tertiary/aromatic N) is 2. The summed E-state index contributed by atoms with van der Waals surface area (Å²) in [5.74, 6) is 0. The van der Waals surface area contributed by atoms with Crippen molar-refractivity contribution in [1.82, 2.24) is 10.2 Å². The van der Waals surface area contributed by atoms with E-state index in [1.165, 1.54) is 11.3 Å². The molecule has 0 amide bonds. The van der Waals surface area contributed by atoms with Crippen molar-refractivity contribution in [2.75, 3.05) is 0 Å². The van der Waals surface area contributed by atoms with Gasteiger partial charge in [-0.2, -0.15) is 0 Å². The third-order valence-corrected chi connectivity index (χ3v) is 4.79. The van der Waals surface area contributed by atoms with Crippen molar-refractivity contribution in [3.63, 3.8) is 0 Å². The number of hydrogen-bond donors (Lipinski definition) is 1. The Morgan fingerprint density at radius 3 is 2.59 bits per heavy atom. The first-order valence-corrected chi connectivity index (χ1v) is 7.24. The van der Waals surface area contributed by atoms with E-state index in [0.29, 0.717) is 0 Å². The molecule has 2 rings (SSSR count). The third kappa shape index (κ3) is 3.42. The van der Waals surface area contributed by atoms with E-state index >= 15 is 0 Å². The SMILES string of the molecule is CC(N)C(Sc1nncs1)c1ccc(Cl)cc1. The van der Waals surface area contributed by atoms with Crippen LogP contribution in [-0.2, 0) is 0 Å². The average molecular weight is 286 g/mol. The molecule has 2 unspecified atom stereocenters. The fourth-order valence-corrected chi connectivity index (χ4v) is 3.34. The van der Waals surface area contributed by atoms with E-state index in [9.17, 15) is 0 Å². The molecular formula is C11H12ClN3S2. The highest BCUT2D eigenvalue weighted by Crippen LogP contribution is 2.37. The fourth-order valence-electron chi connectivity index (χ4n) is 1.45. The van der Waals surface area contributed by atoms with Gasteiger partial charge in [0.2, 0.25) is 0 Å². The first kappa shape index (κ1) is 12.8. The van der Waals surface area contributed by atoms with Crippen molar-refractivity contribution in [2.24, 2.45) is 5.73 Å². The molecule has 2 N–H and O–H groups in total. The van der Waals surface area contributed by atoms with Gasteiger partial charge < -0.3 is 5.73 Å². The van der Waals surface area contributed by atoms with E-state index in [2.05, 4.69) is 10.2 Å². The second-order valence-corrected chi connectivity index (χ2v) is 6.31. The Bertz CT molecular complexity index is 456. The molecule has 0 saturated heterocycles. The molecule has 0 bridgehead atoms. The van der Waals surface area contributed by atoms with E-state index in [1.54, 1.807) is 17.3 Å². The van der Waals surface area contributed by atoms with E-state index in [4.69, 9.17) is 17.3 Å². The van der Waals surface area contributed by atoms with Gasteiger partial charge in [0, 0.05) is 11.1 Å². The minimum Gasteiger partial charge on any atom is -0.327 e. The first-order valence-electron chi connectivity index (χ1n) is 5.10. The van der Waals surface area contributed by atoms with Crippen LogP contribution in [0, 0.1) is 0 Å². The number of halogens is 1. The molecule has 1 heterocycles. The topological polar surface area (TPSA) is 51.8 Å². The van der Waals surface area contributed by atoms with Crippen molar-refractivity contribution in [3.05, 3.63) is 40.4 Å². The smallest absolute Gasteiger partial charge is 0.174 e. The molecule has 0 saturated carbocycles. The Hall–Kier alpha value is -0.620. The van der Waals surface area contributed by atoms with Crippen LogP contribution in [0.25, 0.3) is 0 Å². The van der Waals surface area contributed by atoms with Gasteiger partial charge in [-0.05, 0) is 24.6 Å². The maximum Gasteiger partial charge on any atom is 0.174 e.